The summed E-state index contributed by atoms with van der Waals surface area (Å²) in [5.41, 5.74) is 27.0. The molecule has 0 saturated heterocycles. The minimum atomic E-state index is -0.800. The summed E-state index contributed by atoms with van der Waals surface area (Å²) in [7, 11) is 0. The predicted octanol–water partition coefficient (Wildman–Crippen LogP) is 28.0. The number of carbonyl (C=O) groups excluding carboxylic acids is 4. The number of nitrogens with zero attached hydrogens (tertiary/aromatic N) is 9. The van der Waals surface area contributed by atoms with Crippen molar-refractivity contribution >= 4 is 122 Å². The Morgan fingerprint density at radius 3 is 1.13 bits per heavy atom. The second-order valence-corrected chi connectivity index (χ2v) is 43.8. The quantitative estimate of drug-likeness (QED) is 0.0675. The van der Waals surface area contributed by atoms with Gasteiger partial charge in [0.15, 0.2) is 23.1 Å². The van der Waals surface area contributed by atoms with Crippen LogP contribution in [0.3, 0.4) is 0 Å². The van der Waals surface area contributed by atoms with E-state index in [0.29, 0.717) is 31.4 Å². The minimum absolute atomic E-state index is 0.0363. The third-order valence-electron chi connectivity index (χ3n) is 26.8. The van der Waals surface area contributed by atoms with Gasteiger partial charge in [0.1, 0.15) is 41.7 Å². The molecule has 25 heteroatoms. The van der Waals surface area contributed by atoms with E-state index in [1.807, 2.05) is 275 Å². The molecule has 0 unspecified atom stereocenters. The molecule has 10 aromatic heterocycles. The van der Waals surface area contributed by atoms with Gasteiger partial charge in [0, 0.05) is 116 Å². The maximum atomic E-state index is 13.3. The molecule has 3 aliphatic rings. The van der Waals surface area contributed by atoms with Gasteiger partial charge in [0.05, 0.1) is 121 Å². The van der Waals surface area contributed by atoms with Gasteiger partial charge in [-0.15, -0.1) is 11.3 Å². The van der Waals surface area contributed by atoms with Gasteiger partial charge in [-0.3, -0.25) is 49.1 Å². The number of Topliss-reactive ketones (excluding diaryl/α,β-unsaturated/α-hetero) is 4. The maximum Gasteiger partial charge on any atom is 0.251 e. The van der Waals surface area contributed by atoms with E-state index in [1.165, 1.54) is 16.7 Å². The summed E-state index contributed by atoms with van der Waals surface area (Å²) in [6, 6.07) is 67.8. The summed E-state index contributed by atoms with van der Waals surface area (Å²) in [6.07, 6.45) is 8.48. The number of fused-ring (bicyclic) bond motifs is 4. The van der Waals surface area contributed by atoms with Crippen LogP contribution >= 0.6 is 22.9 Å². The molecular weight excluding hydrogens is 1900 g/mol. The second-order valence-electron chi connectivity index (χ2n) is 42.4. The van der Waals surface area contributed by atoms with Crippen LogP contribution in [0.4, 0.5) is 0 Å². The summed E-state index contributed by atoms with van der Waals surface area (Å²) < 4.78 is 45.4. The fraction of sp³-hybridized carbons (Fsp3) is 0.282. The zero-order valence-corrected chi connectivity index (χ0v) is 89.1. The van der Waals surface area contributed by atoms with Crippen LogP contribution in [-0.4, -0.2) is 120 Å². The number of benzene rings is 9. The van der Waals surface area contributed by atoms with Crippen LogP contribution in [-0.2, 0) is 63.9 Å². The molecule has 4 atom stereocenters. The number of aromatic nitrogens is 11. The summed E-state index contributed by atoms with van der Waals surface area (Å²) in [5, 5.41) is 23.5. The van der Waals surface area contributed by atoms with Crippen LogP contribution in [0, 0.1) is 27.7 Å². The molecule has 13 heterocycles. The van der Waals surface area contributed by atoms with Crippen LogP contribution in [0.1, 0.15) is 202 Å². The third-order valence-corrected chi connectivity index (χ3v) is 28.0. The first-order chi connectivity index (χ1) is 71.2. The standard InChI is InChI=1S/C35H34N2O4.C32H30N2O3S.C31H30N4O3.C26H26ClN3O2/c1-21-19-27-25(12-14-29(39)37(27)20-23-9-7-6-8-10-23)32(30(21)34(22(2)38)41-35(3,4)5)26-11-13-28-31-24(16-18-40-28)15-17-36-33(26)31;1-18-17-24-21(8-10-23(34-24)26-7-6-16-38-26)29(27(18)31(19(2)35)37-32(3,4)5)22-9-11-25-28-20(13-15-36-25)12-14-33-30(22)28;1-17-16-24-20(6-8-22(34-24)23-11-14-33-35-23)28(26(17)30(18(2)36)38-31(3,4)5)21-7-9-25-27-19(12-15-37-25)10-13-32-29(21)27;1-15-14-22-19(10-11-20(29-22)21-12-13-28-30-21)24(17-6-8-18(27)9-7-17)23(15)25(16(2)31)32-26(3,4)5/h6-15,17,19,34H,16,18,20H2,1-5H3;6-12,14,16-17,31H,13,15H2,1-5H3;6-11,13-14,16,30H,12,15H2,1-5H3,(H,33,35);6-14,25H,1-5H3,(H,28,30)/t34-;31-;30-;25-/m1111/s1. The van der Waals surface area contributed by atoms with Gasteiger partial charge in [-0.05, 0) is 390 Å². The highest BCUT2D eigenvalue weighted by Gasteiger charge is 2.38. The minimum Gasteiger partial charge on any atom is -0.493 e. The average molecular weight is 2020 g/mol. The Kier molecular flexibility index (Phi) is 28.6. The van der Waals surface area contributed by atoms with Crippen LogP contribution in [0.2, 0.25) is 5.02 Å². The molecule has 23 nitrogen and oxygen atoms in total. The number of nitrogens with one attached hydrogen (secondary N) is 2. The first-order valence-corrected chi connectivity index (χ1v) is 51.6. The number of ether oxygens (including phenoxy) is 7. The number of ketones is 4. The van der Waals surface area contributed by atoms with Crippen LogP contribution in [0.25, 0.3) is 154 Å². The van der Waals surface area contributed by atoms with Crippen molar-refractivity contribution in [2.24, 2.45) is 0 Å². The molecule has 9 aromatic carbocycles. The van der Waals surface area contributed by atoms with E-state index in [9.17, 15) is 24.0 Å². The van der Waals surface area contributed by atoms with E-state index in [-0.39, 0.29) is 28.7 Å². The first kappa shape index (κ1) is 103. The Bertz CT molecular complexity index is 8230. The van der Waals surface area contributed by atoms with E-state index in [2.05, 4.69) is 80.4 Å². The van der Waals surface area contributed by atoms with Crippen molar-refractivity contribution < 1.29 is 52.3 Å². The summed E-state index contributed by atoms with van der Waals surface area (Å²) in [6.45, 7) is 40.4. The Morgan fingerprint density at radius 1 is 0.396 bits per heavy atom. The van der Waals surface area contributed by atoms with Crippen LogP contribution in [0.15, 0.2) is 247 Å². The highest BCUT2D eigenvalue weighted by atomic mass is 35.5. The van der Waals surface area contributed by atoms with Gasteiger partial charge in [0.25, 0.3) is 5.56 Å². The fourth-order valence-corrected chi connectivity index (χ4v) is 21.5. The Balaban J connectivity index is 0.000000125. The zero-order valence-electron chi connectivity index (χ0n) is 87.6. The summed E-state index contributed by atoms with van der Waals surface area (Å²) >= 11 is 7.84. The number of rotatable bonds is 21. The van der Waals surface area contributed by atoms with E-state index in [4.69, 9.17) is 74.7 Å². The zero-order chi connectivity index (χ0) is 105. The second kappa shape index (κ2) is 41.6. The number of thiophene rings is 1. The van der Waals surface area contributed by atoms with Gasteiger partial charge in [-0.1, -0.05) is 60.1 Å². The smallest absolute Gasteiger partial charge is 0.251 e. The van der Waals surface area contributed by atoms with Gasteiger partial charge < -0.3 is 37.7 Å². The highest BCUT2D eigenvalue weighted by Crippen LogP contribution is 2.52. The lowest BCUT2D eigenvalue weighted by atomic mass is 9.85. The average Bonchev–Trinajstić information content (AvgIpc) is 1.26. The van der Waals surface area contributed by atoms with Crippen molar-refractivity contribution in [3.63, 3.8) is 0 Å². The monoisotopic (exact) mass is 2020 g/mol. The van der Waals surface area contributed by atoms with Crippen molar-refractivity contribution in [2.45, 2.75) is 211 Å². The molecule has 756 valence electrons. The number of halogens is 1. The molecule has 0 radical (unpaired) electrons. The number of aryl methyl sites for hydroxylation is 4. The summed E-state index contributed by atoms with van der Waals surface area (Å²) in [5.74, 6) is 2.29. The molecule has 0 amide bonds. The van der Waals surface area contributed by atoms with E-state index >= 15 is 0 Å². The number of H-pyrrole nitrogens is 2. The lowest BCUT2D eigenvalue weighted by Crippen LogP contribution is -2.27. The summed E-state index contributed by atoms with van der Waals surface area (Å²) in [4.78, 5) is 96.3. The van der Waals surface area contributed by atoms with Crippen molar-refractivity contribution in [2.75, 3.05) is 19.8 Å². The van der Waals surface area contributed by atoms with Crippen LogP contribution < -0.4 is 19.8 Å². The van der Waals surface area contributed by atoms with Crippen molar-refractivity contribution in [1.29, 1.82) is 0 Å². The molecular formula is C124H120ClN11O12S. The molecule has 3 aliphatic heterocycles. The third kappa shape index (κ3) is 21.3. The number of hydrogen-bond donors (Lipinski definition) is 2. The SMILES string of the molecule is CC(=O)[C@@H](OC(C)(C)C)c1c(C)cc2c(ccc(=O)n2Cc2ccccc2)c1-c1ccc2c3c(ccnc13)CCO2.CC(=O)[C@@H](OC(C)(C)C)c1c(C)cc2nc(-c3cccs3)ccc2c1-c1ccc2c3c(ccnc13)CCO2.CC(=O)[C@@H](OC(C)(C)C)c1c(C)cc2nc(-c3ccn[nH]3)ccc2c1-c1ccc(Cl)cc1.CC(=O)[C@@H](OC(C)(C)C)c1c(C)cc2nc(-c3ccn[nH]3)ccc2c1-c1ccc2c3c(ccnc13)CCO2. The molecule has 19 aromatic rings. The van der Waals surface area contributed by atoms with Gasteiger partial charge in [-0.2, -0.15) is 10.2 Å². The van der Waals surface area contributed by atoms with E-state index in [0.717, 1.165) is 241 Å². The normalized spacial score (nSPS) is 13.7. The molecule has 0 saturated carbocycles. The Morgan fingerprint density at radius 2 is 0.758 bits per heavy atom. The predicted molar refractivity (Wildman–Crippen MR) is 594 cm³/mol. The van der Waals surface area contributed by atoms with E-state index < -0.39 is 46.8 Å². The van der Waals surface area contributed by atoms with Crippen LogP contribution in [0.5, 0.6) is 17.2 Å². The molecule has 0 fully saturated rings. The topological polar surface area (TPSA) is 290 Å². The van der Waals surface area contributed by atoms with Crippen molar-refractivity contribution in [3.05, 3.63) is 325 Å². The number of hydrogen-bond acceptors (Lipinski definition) is 21. The van der Waals surface area contributed by atoms with Crippen molar-refractivity contribution in [1.82, 2.24) is 54.9 Å². The van der Waals surface area contributed by atoms with E-state index in [1.54, 1.807) is 62.1 Å². The number of carbonyl (C=O) groups is 4. The molecule has 0 spiro atoms. The fourth-order valence-electron chi connectivity index (χ4n) is 20.7. The Hall–Kier alpha value is -15.0. The molecule has 2 N–H and O–H groups in total. The largest absolute Gasteiger partial charge is 0.493 e. The number of pyridine rings is 7. The highest BCUT2D eigenvalue weighted by molar-refractivity contribution is 7.13. The van der Waals surface area contributed by atoms with Gasteiger partial charge >= 0.3 is 0 Å². The molecule has 0 aliphatic carbocycles. The molecule has 22 rings (SSSR count). The number of aromatic amines is 2. The first-order valence-electron chi connectivity index (χ1n) is 50.4. The lowest BCUT2D eigenvalue weighted by Gasteiger charge is -2.30. The lowest BCUT2D eigenvalue weighted by molar-refractivity contribution is -0.139. The molecule has 149 heavy (non-hydrogen) atoms. The van der Waals surface area contributed by atoms with Gasteiger partial charge in [-0.25, -0.2) is 15.0 Å². The molecule has 0 bridgehead atoms. The van der Waals surface area contributed by atoms with Gasteiger partial charge in [0.2, 0.25) is 0 Å². The maximum absolute atomic E-state index is 13.3. The van der Waals surface area contributed by atoms with Crippen molar-refractivity contribution in [3.8, 4) is 95.1 Å². The Labute approximate surface area is 874 Å².